The summed E-state index contributed by atoms with van der Waals surface area (Å²) in [4.78, 5) is 6.04. The topological polar surface area (TPSA) is 28.7 Å². The minimum absolute atomic E-state index is 0.415. The van der Waals surface area contributed by atoms with Crippen LogP contribution in [0.2, 0.25) is 0 Å². The average molecular weight is 242 g/mol. The lowest BCUT2D eigenvalue weighted by Gasteiger charge is -2.09. The number of aryl methyl sites for hydroxylation is 2. The SMILES string of the molecule is Cc1c(C)c(C)c2[nH]c(C(F)(F)F)nc2c1C. The number of nitrogens with zero attached hydrogens (tertiary/aromatic N) is 1. The van der Waals surface area contributed by atoms with Crippen LogP contribution < -0.4 is 0 Å². The van der Waals surface area contributed by atoms with E-state index < -0.39 is 12.0 Å². The molecule has 1 N–H and O–H groups in total. The first-order valence-corrected chi connectivity index (χ1v) is 5.26. The van der Waals surface area contributed by atoms with Crippen molar-refractivity contribution in [2.24, 2.45) is 0 Å². The van der Waals surface area contributed by atoms with E-state index in [1.54, 1.807) is 6.92 Å². The van der Waals surface area contributed by atoms with Gasteiger partial charge in [-0.15, -0.1) is 0 Å². The second-order valence-corrected chi connectivity index (χ2v) is 4.31. The molecule has 2 rings (SSSR count). The van der Waals surface area contributed by atoms with E-state index in [1.165, 1.54) is 0 Å². The molecule has 17 heavy (non-hydrogen) atoms. The number of hydrogen-bond donors (Lipinski definition) is 1. The van der Waals surface area contributed by atoms with E-state index in [9.17, 15) is 13.2 Å². The molecule has 0 atom stereocenters. The molecule has 2 nitrogen and oxygen atoms in total. The summed E-state index contributed by atoms with van der Waals surface area (Å²) in [7, 11) is 0. The van der Waals surface area contributed by atoms with Crippen LogP contribution in [0.25, 0.3) is 11.0 Å². The molecule has 5 heteroatoms. The normalized spacial score (nSPS) is 12.4. The van der Waals surface area contributed by atoms with Gasteiger partial charge in [0.2, 0.25) is 5.82 Å². The van der Waals surface area contributed by atoms with Gasteiger partial charge in [0.25, 0.3) is 0 Å². The first-order valence-electron chi connectivity index (χ1n) is 5.26. The van der Waals surface area contributed by atoms with Gasteiger partial charge in [-0.3, -0.25) is 0 Å². The monoisotopic (exact) mass is 242 g/mol. The second kappa shape index (κ2) is 3.48. The van der Waals surface area contributed by atoms with Crippen LogP contribution in [0.1, 0.15) is 28.1 Å². The van der Waals surface area contributed by atoms with Crippen molar-refractivity contribution in [3.8, 4) is 0 Å². The average Bonchev–Trinajstić information content (AvgIpc) is 2.67. The molecule has 0 saturated heterocycles. The Morgan fingerprint density at radius 2 is 1.41 bits per heavy atom. The fourth-order valence-corrected chi connectivity index (χ4v) is 1.98. The summed E-state index contributed by atoms with van der Waals surface area (Å²) in [6, 6.07) is 0. The molecule has 0 aliphatic rings. The van der Waals surface area contributed by atoms with Crippen LogP contribution in [0, 0.1) is 27.7 Å². The van der Waals surface area contributed by atoms with E-state index in [-0.39, 0.29) is 0 Å². The number of aromatic nitrogens is 2. The highest BCUT2D eigenvalue weighted by atomic mass is 19.4. The summed E-state index contributed by atoms with van der Waals surface area (Å²) < 4.78 is 37.8. The summed E-state index contributed by atoms with van der Waals surface area (Å²) in [6.45, 7) is 7.41. The number of H-pyrrole nitrogens is 1. The van der Waals surface area contributed by atoms with Crippen LogP contribution in [0.15, 0.2) is 0 Å². The molecule has 0 unspecified atom stereocenters. The van der Waals surface area contributed by atoms with Gasteiger partial charge in [0.1, 0.15) is 0 Å². The fourth-order valence-electron chi connectivity index (χ4n) is 1.98. The summed E-state index contributed by atoms with van der Waals surface area (Å²) in [6.07, 6.45) is -4.43. The van der Waals surface area contributed by atoms with Crippen LogP contribution >= 0.6 is 0 Å². The molecule has 0 bridgehead atoms. The third-order valence-corrected chi connectivity index (χ3v) is 3.39. The Balaban J connectivity index is 2.86. The molecule has 0 aliphatic carbocycles. The lowest BCUT2D eigenvalue weighted by molar-refractivity contribution is -0.144. The van der Waals surface area contributed by atoms with Gasteiger partial charge in [-0.05, 0) is 49.9 Å². The van der Waals surface area contributed by atoms with Gasteiger partial charge in [0, 0.05) is 0 Å². The van der Waals surface area contributed by atoms with E-state index >= 15 is 0 Å². The Morgan fingerprint density at radius 1 is 0.882 bits per heavy atom. The highest BCUT2D eigenvalue weighted by molar-refractivity contribution is 5.84. The van der Waals surface area contributed by atoms with Gasteiger partial charge < -0.3 is 4.98 Å². The third-order valence-electron chi connectivity index (χ3n) is 3.39. The van der Waals surface area contributed by atoms with Crippen molar-refractivity contribution < 1.29 is 13.2 Å². The number of aromatic amines is 1. The molecule has 1 heterocycles. The van der Waals surface area contributed by atoms with E-state index in [0.717, 1.165) is 22.3 Å². The van der Waals surface area contributed by atoms with Gasteiger partial charge in [0.05, 0.1) is 11.0 Å². The number of alkyl halides is 3. The fraction of sp³-hybridized carbons (Fsp3) is 0.417. The molecule has 0 radical (unpaired) electrons. The van der Waals surface area contributed by atoms with Crippen molar-refractivity contribution >= 4 is 11.0 Å². The number of imidazole rings is 1. The van der Waals surface area contributed by atoms with Crippen molar-refractivity contribution in [1.29, 1.82) is 0 Å². The highest BCUT2D eigenvalue weighted by Gasteiger charge is 2.35. The zero-order valence-corrected chi connectivity index (χ0v) is 10.1. The molecule has 0 saturated carbocycles. The Morgan fingerprint density at radius 3 is 1.94 bits per heavy atom. The Kier molecular flexibility index (Phi) is 2.45. The molecular weight excluding hydrogens is 229 g/mol. The summed E-state index contributed by atoms with van der Waals surface area (Å²) in [5.74, 6) is -0.927. The number of rotatable bonds is 0. The lowest BCUT2D eigenvalue weighted by atomic mass is 9.98. The van der Waals surface area contributed by atoms with E-state index in [0.29, 0.717) is 11.0 Å². The van der Waals surface area contributed by atoms with Crippen molar-refractivity contribution in [2.45, 2.75) is 33.9 Å². The van der Waals surface area contributed by atoms with Gasteiger partial charge >= 0.3 is 6.18 Å². The maximum absolute atomic E-state index is 12.6. The van der Waals surface area contributed by atoms with E-state index in [2.05, 4.69) is 9.97 Å². The Labute approximate surface area is 96.9 Å². The lowest BCUT2D eigenvalue weighted by Crippen LogP contribution is -2.06. The maximum atomic E-state index is 12.6. The maximum Gasteiger partial charge on any atom is 0.449 e. The Hall–Kier alpha value is -1.52. The predicted octanol–water partition coefficient (Wildman–Crippen LogP) is 3.82. The van der Waals surface area contributed by atoms with Crippen molar-refractivity contribution in [3.63, 3.8) is 0 Å². The zero-order valence-electron chi connectivity index (χ0n) is 10.1. The number of nitrogens with one attached hydrogen (secondary N) is 1. The number of benzene rings is 1. The van der Waals surface area contributed by atoms with Crippen LogP contribution in [0.5, 0.6) is 0 Å². The molecule has 92 valence electrons. The van der Waals surface area contributed by atoms with Gasteiger partial charge in [0.15, 0.2) is 0 Å². The van der Waals surface area contributed by atoms with Crippen molar-refractivity contribution in [3.05, 3.63) is 28.1 Å². The minimum atomic E-state index is -4.43. The molecule has 1 aromatic carbocycles. The first kappa shape index (κ1) is 12.0. The standard InChI is InChI=1S/C12H13F3N2/c1-5-6(2)8(4)10-9(7(5)3)16-11(17-10)12(13,14)15/h1-4H3,(H,16,17). The summed E-state index contributed by atoms with van der Waals surface area (Å²) in [5.41, 5.74) is 4.53. The third kappa shape index (κ3) is 1.69. The molecule has 2 aromatic rings. The predicted molar refractivity (Wildman–Crippen MR) is 60.0 cm³/mol. The van der Waals surface area contributed by atoms with Gasteiger partial charge in [-0.25, -0.2) is 4.98 Å². The summed E-state index contributed by atoms with van der Waals surface area (Å²) >= 11 is 0. The molecular formula is C12H13F3N2. The molecule has 0 fully saturated rings. The Bertz CT molecular complexity index is 549. The van der Waals surface area contributed by atoms with E-state index in [4.69, 9.17) is 0 Å². The zero-order chi connectivity index (χ0) is 13.0. The minimum Gasteiger partial charge on any atom is -0.334 e. The van der Waals surface area contributed by atoms with Gasteiger partial charge in [-0.2, -0.15) is 13.2 Å². The molecule has 1 aromatic heterocycles. The van der Waals surface area contributed by atoms with Crippen molar-refractivity contribution in [2.75, 3.05) is 0 Å². The number of fused-ring (bicyclic) bond motifs is 1. The van der Waals surface area contributed by atoms with E-state index in [1.807, 2.05) is 20.8 Å². The molecule has 0 amide bonds. The second-order valence-electron chi connectivity index (χ2n) is 4.31. The molecule has 0 aliphatic heterocycles. The number of hydrogen-bond acceptors (Lipinski definition) is 1. The summed E-state index contributed by atoms with van der Waals surface area (Å²) in [5, 5.41) is 0. The van der Waals surface area contributed by atoms with Gasteiger partial charge in [-0.1, -0.05) is 0 Å². The quantitative estimate of drug-likeness (QED) is 0.747. The smallest absolute Gasteiger partial charge is 0.334 e. The largest absolute Gasteiger partial charge is 0.449 e. The van der Waals surface area contributed by atoms with Crippen LogP contribution in [-0.2, 0) is 6.18 Å². The first-order chi connectivity index (χ1) is 7.73. The van der Waals surface area contributed by atoms with Crippen molar-refractivity contribution in [1.82, 2.24) is 9.97 Å². The molecule has 0 spiro atoms. The van der Waals surface area contributed by atoms with Crippen LogP contribution in [0.4, 0.5) is 13.2 Å². The highest BCUT2D eigenvalue weighted by Crippen LogP contribution is 2.32. The number of halogens is 3. The van der Waals surface area contributed by atoms with Crippen LogP contribution in [-0.4, -0.2) is 9.97 Å². The van der Waals surface area contributed by atoms with Crippen LogP contribution in [0.3, 0.4) is 0 Å².